The van der Waals surface area contributed by atoms with Crippen LogP contribution in [0.3, 0.4) is 0 Å². The fourth-order valence-corrected chi connectivity index (χ4v) is 8.57. The molecule has 44 heavy (non-hydrogen) atoms. The van der Waals surface area contributed by atoms with E-state index in [-0.39, 0.29) is 29.5 Å². The Morgan fingerprint density at radius 2 is 1.91 bits per heavy atom. The van der Waals surface area contributed by atoms with Gasteiger partial charge in [-0.2, -0.15) is 9.97 Å². The summed E-state index contributed by atoms with van der Waals surface area (Å²) < 4.78 is 20.9. The number of amides is 1. The number of hydrogen-bond donors (Lipinski definition) is 0. The molecule has 7 nitrogen and oxygen atoms in total. The minimum atomic E-state index is -0.842. The molecule has 0 N–H and O–H groups in total. The molecule has 4 fully saturated rings. The van der Waals surface area contributed by atoms with E-state index in [9.17, 15) is 9.18 Å². The standard InChI is InChI=1S/C34H32Cl2FN5O2/c1-2-30(43)41-13-10-28-29(41)18-42(28)32-24-14-26(36)23(22-8-3-6-20-7-4-9-25(35)31(20)22)15-27(24)38-33(39-32)44-19-34-11-5-12-40(34)17-21(37)16-34/h2-4,6-9,14-15,21,28-29H,1,5,10-13,16-19H2/t21-,28?,29-,34+/m1/s1. The topological polar surface area (TPSA) is 61.8 Å². The van der Waals surface area contributed by atoms with Gasteiger partial charge in [-0.25, -0.2) is 4.39 Å². The van der Waals surface area contributed by atoms with Gasteiger partial charge in [0.1, 0.15) is 18.6 Å². The molecular formula is C34H32Cl2FN5O2. The van der Waals surface area contributed by atoms with E-state index < -0.39 is 6.17 Å². The third-order valence-corrected chi connectivity index (χ3v) is 10.8. The van der Waals surface area contributed by atoms with Gasteiger partial charge in [0.25, 0.3) is 0 Å². The molecule has 4 atom stereocenters. The van der Waals surface area contributed by atoms with Crippen LogP contribution in [-0.2, 0) is 4.79 Å². The second-order valence-electron chi connectivity index (χ2n) is 12.5. The average Bonchev–Trinajstić information content (AvgIpc) is 3.65. The van der Waals surface area contributed by atoms with Gasteiger partial charge in [-0.15, -0.1) is 0 Å². The van der Waals surface area contributed by atoms with Crippen LogP contribution < -0.4 is 9.64 Å². The van der Waals surface area contributed by atoms with E-state index >= 15 is 0 Å². The molecule has 4 saturated heterocycles. The second kappa shape index (κ2) is 10.6. The third-order valence-electron chi connectivity index (χ3n) is 10.1. The quantitative estimate of drug-likeness (QED) is 0.221. The number of benzene rings is 3. The predicted molar refractivity (Wildman–Crippen MR) is 172 cm³/mol. The predicted octanol–water partition coefficient (Wildman–Crippen LogP) is 6.69. The average molecular weight is 633 g/mol. The van der Waals surface area contributed by atoms with Gasteiger partial charge in [0.15, 0.2) is 0 Å². The summed E-state index contributed by atoms with van der Waals surface area (Å²) in [5.74, 6) is 0.692. The van der Waals surface area contributed by atoms with Gasteiger partial charge >= 0.3 is 6.01 Å². The van der Waals surface area contributed by atoms with Crippen LogP contribution in [0.1, 0.15) is 25.7 Å². The maximum absolute atomic E-state index is 14.5. The summed E-state index contributed by atoms with van der Waals surface area (Å²) >= 11 is 13.7. The SMILES string of the molecule is C=CC(=O)N1CCC2[C@H]1CN2c1nc(OC[C@@]23CCCN2C[C@H](F)C3)nc2cc(-c3cccc4cccc(Cl)c34)c(Cl)cc12. The molecular weight excluding hydrogens is 600 g/mol. The zero-order valence-corrected chi connectivity index (χ0v) is 25.7. The number of halogens is 3. The summed E-state index contributed by atoms with van der Waals surface area (Å²) in [7, 11) is 0. The molecule has 1 amide bonds. The summed E-state index contributed by atoms with van der Waals surface area (Å²) in [5, 5.41) is 3.98. The van der Waals surface area contributed by atoms with E-state index in [0.717, 1.165) is 58.9 Å². The molecule has 0 saturated carbocycles. The van der Waals surface area contributed by atoms with Crippen molar-refractivity contribution in [3.05, 3.63) is 71.2 Å². The van der Waals surface area contributed by atoms with Gasteiger partial charge in [-0.05, 0) is 61.0 Å². The van der Waals surface area contributed by atoms with E-state index in [2.05, 4.69) is 16.4 Å². The number of nitrogens with zero attached hydrogens (tertiary/aromatic N) is 5. The number of rotatable bonds is 6. The van der Waals surface area contributed by atoms with E-state index in [4.69, 9.17) is 37.9 Å². The molecule has 0 aliphatic carbocycles. The Morgan fingerprint density at radius 3 is 2.75 bits per heavy atom. The molecule has 1 aromatic heterocycles. The van der Waals surface area contributed by atoms with Gasteiger partial charge < -0.3 is 14.5 Å². The van der Waals surface area contributed by atoms with Crippen molar-refractivity contribution in [2.24, 2.45) is 0 Å². The minimum Gasteiger partial charge on any atom is -0.461 e. The number of carbonyl (C=O) groups is 1. The van der Waals surface area contributed by atoms with E-state index in [1.54, 1.807) is 0 Å². The van der Waals surface area contributed by atoms with Crippen molar-refractivity contribution in [1.29, 1.82) is 0 Å². The first-order chi connectivity index (χ1) is 21.3. The summed E-state index contributed by atoms with van der Waals surface area (Å²) in [6.45, 7) is 6.69. The third kappa shape index (κ3) is 4.37. The lowest BCUT2D eigenvalue weighted by Gasteiger charge is -2.47. The minimum absolute atomic E-state index is 0.0433. The highest BCUT2D eigenvalue weighted by atomic mass is 35.5. The molecule has 0 bridgehead atoms. The van der Waals surface area contributed by atoms with Crippen LogP contribution in [0, 0.1) is 0 Å². The normalized spacial score (nSPS) is 26.2. The first-order valence-corrected chi connectivity index (χ1v) is 16.0. The van der Waals surface area contributed by atoms with Crippen molar-refractivity contribution in [2.75, 3.05) is 37.7 Å². The lowest BCUT2D eigenvalue weighted by molar-refractivity contribution is -0.127. The monoisotopic (exact) mass is 631 g/mol. The molecule has 1 unspecified atom stereocenters. The number of alkyl halides is 1. The van der Waals surface area contributed by atoms with Crippen molar-refractivity contribution in [2.45, 2.75) is 49.5 Å². The molecule has 5 heterocycles. The van der Waals surface area contributed by atoms with Crippen molar-refractivity contribution >= 4 is 56.6 Å². The zero-order chi connectivity index (χ0) is 30.2. The number of aromatic nitrogens is 2. The number of hydrogen-bond acceptors (Lipinski definition) is 6. The maximum atomic E-state index is 14.5. The molecule has 0 radical (unpaired) electrons. The number of carbonyl (C=O) groups excluding carboxylic acids is 1. The Kier molecular flexibility index (Phi) is 6.74. The molecule has 3 aromatic carbocycles. The fourth-order valence-electron chi connectivity index (χ4n) is 8.02. The summed E-state index contributed by atoms with van der Waals surface area (Å²) in [4.78, 5) is 28.7. The van der Waals surface area contributed by atoms with Gasteiger partial charge in [-0.3, -0.25) is 9.69 Å². The fraction of sp³-hybridized carbons (Fsp3) is 0.382. The highest BCUT2D eigenvalue weighted by Crippen LogP contribution is 2.44. The van der Waals surface area contributed by atoms with Crippen molar-refractivity contribution in [3.63, 3.8) is 0 Å². The molecule has 4 aromatic rings. The lowest BCUT2D eigenvalue weighted by Crippen LogP contribution is -2.63. The molecule has 8 rings (SSSR count). The second-order valence-corrected chi connectivity index (χ2v) is 13.3. The van der Waals surface area contributed by atoms with E-state index in [1.165, 1.54) is 6.08 Å². The van der Waals surface area contributed by atoms with Crippen molar-refractivity contribution in [1.82, 2.24) is 19.8 Å². The number of fused-ring (bicyclic) bond motifs is 4. The first kappa shape index (κ1) is 28.0. The van der Waals surface area contributed by atoms with Gasteiger partial charge in [0, 0.05) is 52.4 Å². The van der Waals surface area contributed by atoms with Crippen molar-refractivity contribution in [3.8, 4) is 17.1 Å². The highest BCUT2D eigenvalue weighted by Gasteiger charge is 2.51. The number of likely N-dealkylation sites (tertiary alicyclic amines) is 1. The largest absolute Gasteiger partial charge is 0.461 e. The van der Waals surface area contributed by atoms with Crippen LogP contribution in [0.2, 0.25) is 10.0 Å². The molecule has 4 aliphatic rings. The molecule has 10 heteroatoms. The maximum Gasteiger partial charge on any atom is 0.319 e. The van der Waals surface area contributed by atoms with E-state index in [1.807, 2.05) is 53.4 Å². The Balaban J connectivity index is 1.22. The van der Waals surface area contributed by atoms with Crippen LogP contribution in [-0.4, -0.2) is 82.3 Å². The first-order valence-electron chi connectivity index (χ1n) is 15.3. The smallest absolute Gasteiger partial charge is 0.319 e. The summed E-state index contributed by atoms with van der Waals surface area (Å²) in [6, 6.07) is 16.3. The van der Waals surface area contributed by atoms with Crippen LogP contribution in [0.4, 0.5) is 10.2 Å². The molecule has 0 spiro atoms. The number of ether oxygens (including phenoxy) is 1. The Hall–Kier alpha value is -3.46. The lowest BCUT2D eigenvalue weighted by atomic mass is 9.95. The number of anilines is 1. The zero-order valence-electron chi connectivity index (χ0n) is 24.2. The molecule has 4 aliphatic heterocycles. The van der Waals surface area contributed by atoms with Crippen LogP contribution in [0.25, 0.3) is 32.8 Å². The Labute approximate surface area is 265 Å². The van der Waals surface area contributed by atoms with Crippen LogP contribution in [0.15, 0.2) is 61.2 Å². The summed E-state index contributed by atoms with van der Waals surface area (Å²) in [5.41, 5.74) is 2.11. The Bertz CT molecular complexity index is 1830. The highest BCUT2D eigenvalue weighted by molar-refractivity contribution is 6.38. The van der Waals surface area contributed by atoms with Gasteiger partial charge in [-0.1, -0.05) is 60.1 Å². The van der Waals surface area contributed by atoms with Crippen LogP contribution >= 0.6 is 23.2 Å². The summed E-state index contributed by atoms with van der Waals surface area (Å²) in [6.07, 6.45) is 3.78. The van der Waals surface area contributed by atoms with E-state index in [0.29, 0.717) is 48.2 Å². The van der Waals surface area contributed by atoms with Crippen LogP contribution in [0.5, 0.6) is 6.01 Å². The Morgan fingerprint density at radius 1 is 1.07 bits per heavy atom. The van der Waals surface area contributed by atoms with Gasteiger partial charge in [0.2, 0.25) is 5.91 Å². The van der Waals surface area contributed by atoms with Crippen molar-refractivity contribution < 1.29 is 13.9 Å². The van der Waals surface area contributed by atoms with Gasteiger partial charge in [0.05, 0.1) is 23.1 Å². The molecule has 226 valence electrons.